The molecule has 0 bridgehead atoms. The molecular formula is C16H13F3N6O4S. The van der Waals surface area contributed by atoms with E-state index in [0.717, 1.165) is 10.7 Å². The number of amides is 2. The SMILES string of the molecule is Cc1cc(C(F)(F)F)nc2sc(C(N)=O)c(NC(=O)Cn3nc([N+](=O)[O-])cc3C)c12. The first-order valence-electron chi connectivity index (χ1n) is 8.18. The van der Waals surface area contributed by atoms with E-state index in [1.54, 1.807) is 0 Å². The second kappa shape index (κ2) is 7.37. The van der Waals surface area contributed by atoms with Crippen LogP contribution in [0.3, 0.4) is 0 Å². The molecular weight excluding hydrogens is 429 g/mol. The van der Waals surface area contributed by atoms with Crippen molar-refractivity contribution >= 4 is 44.9 Å². The number of alkyl halides is 3. The van der Waals surface area contributed by atoms with Gasteiger partial charge in [0.2, 0.25) is 5.91 Å². The smallest absolute Gasteiger partial charge is 0.365 e. The Morgan fingerprint density at radius 3 is 2.53 bits per heavy atom. The molecule has 3 rings (SSSR count). The normalized spacial score (nSPS) is 11.6. The number of hydrogen-bond acceptors (Lipinski definition) is 7. The number of aromatic nitrogens is 3. The number of nitrogens with one attached hydrogen (secondary N) is 1. The number of anilines is 1. The van der Waals surface area contributed by atoms with Crippen molar-refractivity contribution in [2.75, 3.05) is 5.32 Å². The minimum atomic E-state index is -4.69. The highest BCUT2D eigenvalue weighted by molar-refractivity contribution is 7.21. The number of nitro groups is 1. The molecule has 0 saturated carbocycles. The first-order valence-corrected chi connectivity index (χ1v) is 9.00. The Bertz CT molecular complexity index is 1200. The van der Waals surface area contributed by atoms with Gasteiger partial charge >= 0.3 is 12.0 Å². The van der Waals surface area contributed by atoms with Crippen LogP contribution in [0.4, 0.5) is 24.7 Å². The maximum absolute atomic E-state index is 13.0. The standard InChI is InChI=1S/C16H13F3N6O4S/c1-6-3-8(16(17,18)19)21-15-11(6)12(13(30-15)14(20)27)22-10(26)5-24-7(2)4-9(23-24)25(28)29/h3-4H,5H2,1-2H3,(H2,20,27)(H,22,26). The van der Waals surface area contributed by atoms with Gasteiger partial charge in [0.25, 0.3) is 5.91 Å². The highest BCUT2D eigenvalue weighted by Crippen LogP contribution is 2.39. The van der Waals surface area contributed by atoms with Gasteiger partial charge in [-0.05, 0) is 30.4 Å². The van der Waals surface area contributed by atoms with E-state index in [-0.39, 0.29) is 26.3 Å². The monoisotopic (exact) mass is 442 g/mol. The summed E-state index contributed by atoms with van der Waals surface area (Å²) in [6.45, 7) is 2.46. The third-order valence-electron chi connectivity index (χ3n) is 4.09. The molecule has 0 aliphatic rings. The van der Waals surface area contributed by atoms with Gasteiger partial charge in [-0.1, -0.05) is 0 Å². The molecule has 10 nitrogen and oxygen atoms in total. The molecule has 0 aliphatic heterocycles. The maximum atomic E-state index is 13.0. The van der Waals surface area contributed by atoms with Crippen LogP contribution in [0.1, 0.15) is 26.6 Å². The molecule has 3 aromatic rings. The van der Waals surface area contributed by atoms with Crippen LogP contribution >= 0.6 is 11.3 Å². The molecule has 0 aromatic carbocycles. The molecule has 3 heterocycles. The Balaban J connectivity index is 2.00. The molecule has 30 heavy (non-hydrogen) atoms. The summed E-state index contributed by atoms with van der Waals surface area (Å²) in [6, 6.07) is 1.98. The van der Waals surface area contributed by atoms with Crippen molar-refractivity contribution in [2.45, 2.75) is 26.6 Å². The molecule has 0 unspecified atom stereocenters. The lowest BCUT2D eigenvalue weighted by Crippen LogP contribution is -2.22. The third kappa shape index (κ3) is 3.94. The van der Waals surface area contributed by atoms with E-state index in [0.29, 0.717) is 17.0 Å². The first-order chi connectivity index (χ1) is 13.9. The molecule has 0 spiro atoms. The van der Waals surface area contributed by atoms with Crippen LogP contribution in [0.25, 0.3) is 10.2 Å². The van der Waals surface area contributed by atoms with Gasteiger partial charge < -0.3 is 21.2 Å². The van der Waals surface area contributed by atoms with Crippen molar-refractivity contribution < 1.29 is 27.7 Å². The molecule has 0 aliphatic carbocycles. The van der Waals surface area contributed by atoms with Crippen molar-refractivity contribution in [1.29, 1.82) is 0 Å². The molecule has 0 atom stereocenters. The Labute approximate surface area is 169 Å². The van der Waals surface area contributed by atoms with Gasteiger partial charge in [0.1, 0.15) is 21.9 Å². The Hall–Kier alpha value is -3.55. The van der Waals surface area contributed by atoms with Crippen molar-refractivity contribution in [2.24, 2.45) is 5.73 Å². The second-order valence-electron chi connectivity index (χ2n) is 6.28. The van der Waals surface area contributed by atoms with E-state index in [1.165, 1.54) is 19.9 Å². The zero-order valence-electron chi connectivity index (χ0n) is 15.4. The van der Waals surface area contributed by atoms with Crippen molar-refractivity contribution in [3.63, 3.8) is 0 Å². The fourth-order valence-corrected chi connectivity index (χ4v) is 3.84. The summed E-state index contributed by atoms with van der Waals surface area (Å²) in [5, 5.41) is 17.1. The van der Waals surface area contributed by atoms with E-state index >= 15 is 0 Å². The molecule has 2 amide bonds. The van der Waals surface area contributed by atoms with Crippen molar-refractivity contribution in [1.82, 2.24) is 14.8 Å². The van der Waals surface area contributed by atoms with Gasteiger partial charge in [0.15, 0.2) is 0 Å². The van der Waals surface area contributed by atoms with Gasteiger partial charge in [0, 0.05) is 5.39 Å². The molecule has 158 valence electrons. The number of halogens is 3. The zero-order valence-corrected chi connectivity index (χ0v) is 16.2. The summed E-state index contributed by atoms with van der Waals surface area (Å²) in [4.78, 5) is 37.6. The number of nitrogens with zero attached hydrogens (tertiary/aromatic N) is 4. The lowest BCUT2D eigenvalue weighted by atomic mass is 10.1. The number of pyridine rings is 1. The summed E-state index contributed by atoms with van der Waals surface area (Å²) in [7, 11) is 0. The summed E-state index contributed by atoms with van der Waals surface area (Å²) in [6.07, 6.45) is -4.69. The molecule has 0 saturated heterocycles. The number of nitrogens with two attached hydrogens (primary N) is 1. The number of aryl methyl sites for hydroxylation is 2. The van der Waals surface area contributed by atoms with Gasteiger partial charge in [-0.2, -0.15) is 17.9 Å². The van der Waals surface area contributed by atoms with Gasteiger partial charge in [-0.15, -0.1) is 11.3 Å². The number of carbonyl (C=O) groups is 2. The quantitative estimate of drug-likeness (QED) is 0.459. The molecule has 0 fully saturated rings. The molecule has 3 N–H and O–H groups in total. The average Bonchev–Trinajstić information content (AvgIpc) is 3.16. The summed E-state index contributed by atoms with van der Waals surface area (Å²) >= 11 is 0.624. The number of carbonyl (C=O) groups excluding carboxylic acids is 2. The largest absolute Gasteiger partial charge is 0.433 e. The molecule has 3 aromatic heterocycles. The van der Waals surface area contributed by atoms with E-state index < -0.39 is 41.0 Å². The van der Waals surface area contributed by atoms with E-state index in [2.05, 4.69) is 15.4 Å². The van der Waals surface area contributed by atoms with Gasteiger partial charge in [-0.3, -0.25) is 9.59 Å². The van der Waals surface area contributed by atoms with Crippen LogP contribution in [0, 0.1) is 24.0 Å². The predicted molar refractivity (Wildman–Crippen MR) is 100 cm³/mol. The zero-order chi connectivity index (χ0) is 22.4. The second-order valence-corrected chi connectivity index (χ2v) is 7.28. The van der Waals surface area contributed by atoms with E-state index in [9.17, 15) is 32.9 Å². The number of hydrogen-bond donors (Lipinski definition) is 2. The minimum Gasteiger partial charge on any atom is -0.365 e. The topological polar surface area (TPSA) is 146 Å². The Morgan fingerprint density at radius 1 is 1.33 bits per heavy atom. The third-order valence-corrected chi connectivity index (χ3v) is 5.18. The number of thiophene rings is 1. The highest BCUT2D eigenvalue weighted by atomic mass is 32.1. The Kier molecular flexibility index (Phi) is 5.20. The van der Waals surface area contributed by atoms with Crippen LogP contribution in [0.15, 0.2) is 12.1 Å². The lowest BCUT2D eigenvalue weighted by molar-refractivity contribution is -0.389. The van der Waals surface area contributed by atoms with Crippen LogP contribution in [0.2, 0.25) is 0 Å². The summed E-state index contributed by atoms with van der Waals surface area (Å²) < 4.78 is 40.2. The van der Waals surface area contributed by atoms with Gasteiger partial charge in [0.05, 0.1) is 22.5 Å². The highest BCUT2D eigenvalue weighted by Gasteiger charge is 2.34. The number of primary amides is 1. The van der Waals surface area contributed by atoms with Crippen LogP contribution in [-0.2, 0) is 17.5 Å². The summed E-state index contributed by atoms with van der Waals surface area (Å²) in [5.41, 5.74) is 4.60. The fourth-order valence-electron chi connectivity index (χ4n) is 2.78. The lowest BCUT2D eigenvalue weighted by Gasteiger charge is -2.09. The van der Waals surface area contributed by atoms with Crippen LogP contribution in [-0.4, -0.2) is 31.5 Å². The van der Waals surface area contributed by atoms with E-state index in [1.807, 2.05) is 0 Å². The van der Waals surface area contributed by atoms with Crippen molar-refractivity contribution in [3.05, 3.63) is 44.1 Å². The van der Waals surface area contributed by atoms with Gasteiger partial charge in [-0.25, -0.2) is 4.98 Å². The first kappa shape index (κ1) is 21.2. The van der Waals surface area contributed by atoms with Crippen molar-refractivity contribution in [3.8, 4) is 0 Å². The number of fused-ring (bicyclic) bond motifs is 1. The maximum Gasteiger partial charge on any atom is 0.433 e. The number of rotatable bonds is 5. The van der Waals surface area contributed by atoms with Crippen LogP contribution < -0.4 is 11.1 Å². The van der Waals surface area contributed by atoms with Crippen LogP contribution in [0.5, 0.6) is 0 Å². The minimum absolute atomic E-state index is 0.0643. The molecule has 14 heteroatoms. The Morgan fingerprint density at radius 2 is 2.00 bits per heavy atom. The predicted octanol–water partition coefficient (Wildman–Crippen LogP) is 2.77. The summed E-state index contributed by atoms with van der Waals surface area (Å²) in [5.74, 6) is -2.11. The van der Waals surface area contributed by atoms with E-state index in [4.69, 9.17) is 5.73 Å². The fraction of sp³-hybridized carbons (Fsp3) is 0.250. The average molecular weight is 442 g/mol. The molecule has 0 radical (unpaired) electrons.